The van der Waals surface area contributed by atoms with Crippen molar-refractivity contribution < 1.29 is 19.4 Å². The Hall–Kier alpha value is -1.20. The van der Waals surface area contributed by atoms with E-state index < -0.39 is 11.9 Å². The van der Waals surface area contributed by atoms with E-state index in [-0.39, 0.29) is 22.9 Å². The summed E-state index contributed by atoms with van der Waals surface area (Å²) in [5, 5.41) is 8.79. The van der Waals surface area contributed by atoms with E-state index in [0.717, 1.165) is 11.8 Å². The number of aliphatic carboxylic acids is 1. The zero-order valence-corrected chi connectivity index (χ0v) is 10.7. The summed E-state index contributed by atoms with van der Waals surface area (Å²) in [6.45, 7) is 1.99. The molecule has 0 aliphatic heterocycles. The Bertz CT molecular complexity index is 433. The number of carbonyl (C=O) groups excluding carboxylic acids is 1. The van der Waals surface area contributed by atoms with Crippen molar-refractivity contribution in [2.75, 3.05) is 12.4 Å². The highest BCUT2D eigenvalue weighted by molar-refractivity contribution is 8.00. The number of benzene rings is 1. The summed E-state index contributed by atoms with van der Waals surface area (Å²) in [4.78, 5) is 22.5. The first-order valence-electron chi connectivity index (χ1n) is 4.86. The van der Waals surface area contributed by atoms with Crippen molar-refractivity contribution >= 4 is 35.3 Å². The minimum Gasteiger partial charge on any atom is -0.481 e. The van der Waals surface area contributed by atoms with E-state index in [1.807, 2.05) is 0 Å². The molecule has 1 aromatic carbocycles. The van der Waals surface area contributed by atoms with Crippen LogP contribution < -0.4 is 0 Å². The fraction of sp³-hybridized carbons (Fsp3) is 0.273. The van der Waals surface area contributed by atoms with Crippen LogP contribution in [-0.4, -0.2) is 29.4 Å². The molecule has 0 spiro atoms. The Morgan fingerprint density at radius 3 is 2.71 bits per heavy atom. The van der Waals surface area contributed by atoms with Gasteiger partial charge < -0.3 is 9.84 Å². The molecule has 0 aliphatic rings. The Kier molecular flexibility index (Phi) is 5.31. The molecule has 0 radical (unpaired) electrons. The average Bonchev–Trinajstić information content (AvgIpc) is 2.26. The number of carbonyl (C=O) groups is 2. The predicted molar refractivity (Wildman–Crippen MR) is 65.8 cm³/mol. The first-order chi connectivity index (χ1) is 8.04. The zero-order valence-electron chi connectivity index (χ0n) is 9.10. The standard InChI is InChI=1S/C11H11ClO4S/c1-2-16-11(15)8-4-3-7(5-9(8)12)17-6-10(13)14/h3-5H,2,6H2,1H3,(H,13,14). The van der Waals surface area contributed by atoms with Crippen molar-refractivity contribution in [3.05, 3.63) is 28.8 Å². The first-order valence-corrected chi connectivity index (χ1v) is 6.22. The van der Waals surface area contributed by atoms with Gasteiger partial charge in [-0.25, -0.2) is 4.79 Å². The van der Waals surface area contributed by atoms with Gasteiger partial charge in [0.05, 0.1) is 22.9 Å². The van der Waals surface area contributed by atoms with Gasteiger partial charge >= 0.3 is 11.9 Å². The van der Waals surface area contributed by atoms with Crippen molar-refractivity contribution in [1.29, 1.82) is 0 Å². The minimum atomic E-state index is -0.902. The van der Waals surface area contributed by atoms with Gasteiger partial charge in [0.2, 0.25) is 0 Å². The van der Waals surface area contributed by atoms with E-state index in [0.29, 0.717) is 4.90 Å². The number of esters is 1. The molecule has 0 heterocycles. The van der Waals surface area contributed by atoms with Crippen LogP contribution in [0.2, 0.25) is 5.02 Å². The van der Waals surface area contributed by atoms with Gasteiger partial charge in [-0.1, -0.05) is 11.6 Å². The smallest absolute Gasteiger partial charge is 0.339 e. The lowest BCUT2D eigenvalue weighted by Crippen LogP contribution is -2.05. The molecule has 0 saturated heterocycles. The SMILES string of the molecule is CCOC(=O)c1ccc(SCC(=O)O)cc1Cl. The van der Waals surface area contributed by atoms with Crippen LogP contribution in [0.4, 0.5) is 0 Å². The van der Waals surface area contributed by atoms with Crippen molar-refractivity contribution in [2.24, 2.45) is 0 Å². The molecule has 0 aliphatic carbocycles. The topological polar surface area (TPSA) is 63.6 Å². The molecule has 17 heavy (non-hydrogen) atoms. The minimum absolute atomic E-state index is 0.0465. The van der Waals surface area contributed by atoms with Crippen molar-refractivity contribution in [1.82, 2.24) is 0 Å². The highest BCUT2D eigenvalue weighted by Crippen LogP contribution is 2.25. The van der Waals surface area contributed by atoms with E-state index in [4.69, 9.17) is 21.4 Å². The normalized spacial score (nSPS) is 10.0. The summed E-state index contributed by atoms with van der Waals surface area (Å²) in [5.74, 6) is -1.43. The van der Waals surface area contributed by atoms with Crippen LogP contribution in [0.25, 0.3) is 0 Å². The van der Waals surface area contributed by atoms with Crippen LogP contribution in [0.1, 0.15) is 17.3 Å². The molecule has 6 heteroatoms. The van der Waals surface area contributed by atoms with E-state index in [1.165, 1.54) is 6.07 Å². The van der Waals surface area contributed by atoms with E-state index in [1.54, 1.807) is 19.1 Å². The number of carboxylic acids is 1. The average molecular weight is 275 g/mol. The molecule has 0 unspecified atom stereocenters. The fourth-order valence-electron chi connectivity index (χ4n) is 1.11. The summed E-state index contributed by atoms with van der Waals surface area (Å²) < 4.78 is 4.82. The van der Waals surface area contributed by atoms with Crippen LogP contribution in [-0.2, 0) is 9.53 Å². The second-order valence-corrected chi connectivity index (χ2v) is 4.50. The number of ether oxygens (including phenoxy) is 1. The Balaban J connectivity index is 2.79. The third-order valence-corrected chi connectivity index (χ3v) is 3.09. The highest BCUT2D eigenvalue weighted by atomic mass is 35.5. The van der Waals surface area contributed by atoms with Crippen molar-refractivity contribution in [2.45, 2.75) is 11.8 Å². The Morgan fingerprint density at radius 2 is 2.18 bits per heavy atom. The largest absolute Gasteiger partial charge is 0.481 e. The second-order valence-electron chi connectivity index (χ2n) is 3.04. The molecule has 4 nitrogen and oxygen atoms in total. The number of hydrogen-bond donors (Lipinski definition) is 1. The van der Waals surface area contributed by atoms with E-state index >= 15 is 0 Å². The number of thioether (sulfide) groups is 1. The zero-order chi connectivity index (χ0) is 12.8. The molecular formula is C11H11ClO4S. The van der Waals surface area contributed by atoms with Gasteiger partial charge in [-0.3, -0.25) is 4.79 Å². The van der Waals surface area contributed by atoms with Gasteiger partial charge in [0, 0.05) is 4.90 Å². The van der Waals surface area contributed by atoms with Gasteiger partial charge in [0.1, 0.15) is 0 Å². The van der Waals surface area contributed by atoms with E-state index in [9.17, 15) is 9.59 Å². The van der Waals surface area contributed by atoms with Crippen molar-refractivity contribution in [3.8, 4) is 0 Å². The maximum atomic E-state index is 11.4. The summed E-state index contributed by atoms with van der Waals surface area (Å²) in [6.07, 6.45) is 0. The molecule has 0 amide bonds. The summed E-state index contributed by atoms with van der Waals surface area (Å²) in [5.41, 5.74) is 0.285. The number of halogens is 1. The van der Waals surface area contributed by atoms with Gasteiger partial charge in [-0.15, -0.1) is 11.8 Å². The van der Waals surface area contributed by atoms with Crippen LogP contribution >= 0.6 is 23.4 Å². The molecule has 1 aromatic rings. The van der Waals surface area contributed by atoms with Crippen LogP contribution in [0.15, 0.2) is 23.1 Å². The molecule has 92 valence electrons. The monoisotopic (exact) mass is 274 g/mol. The lowest BCUT2D eigenvalue weighted by atomic mass is 10.2. The quantitative estimate of drug-likeness (QED) is 0.661. The summed E-state index contributed by atoms with van der Waals surface area (Å²) >= 11 is 7.05. The molecular weight excluding hydrogens is 264 g/mol. The van der Waals surface area contributed by atoms with Crippen molar-refractivity contribution in [3.63, 3.8) is 0 Å². The maximum absolute atomic E-state index is 11.4. The lowest BCUT2D eigenvalue weighted by Gasteiger charge is -2.05. The molecule has 1 N–H and O–H groups in total. The highest BCUT2D eigenvalue weighted by Gasteiger charge is 2.12. The molecule has 0 saturated carbocycles. The van der Waals surface area contributed by atoms with E-state index in [2.05, 4.69) is 0 Å². The van der Waals surface area contributed by atoms with Crippen LogP contribution in [0.3, 0.4) is 0 Å². The molecule has 1 rings (SSSR count). The number of rotatable bonds is 5. The molecule has 0 aromatic heterocycles. The fourth-order valence-corrected chi connectivity index (χ4v) is 2.08. The Morgan fingerprint density at radius 1 is 1.47 bits per heavy atom. The van der Waals surface area contributed by atoms with Gasteiger partial charge in [-0.2, -0.15) is 0 Å². The second kappa shape index (κ2) is 6.51. The summed E-state index contributed by atoms with van der Waals surface area (Å²) in [6, 6.07) is 4.73. The molecule has 0 atom stereocenters. The number of hydrogen-bond acceptors (Lipinski definition) is 4. The molecule has 0 bridgehead atoms. The van der Waals surface area contributed by atoms with Crippen LogP contribution in [0.5, 0.6) is 0 Å². The number of carboxylic acid groups (broad SMARTS) is 1. The van der Waals surface area contributed by atoms with Crippen LogP contribution in [0, 0.1) is 0 Å². The third kappa shape index (κ3) is 4.28. The lowest BCUT2D eigenvalue weighted by molar-refractivity contribution is -0.133. The first kappa shape index (κ1) is 13.9. The maximum Gasteiger partial charge on any atom is 0.339 e. The van der Waals surface area contributed by atoms with Gasteiger partial charge in [0.25, 0.3) is 0 Å². The van der Waals surface area contributed by atoms with Gasteiger partial charge in [0.15, 0.2) is 0 Å². The summed E-state index contributed by atoms with van der Waals surface area (Å²) in [7, 11) is 0. The molecule has 0 fully saturated rings. The van der Waals surface area contributed by atoms with Gasteiger partial charge in [-0.05, 0) is 25.1 Å². The Labute approximate surface area is 108 Å². The third-order valence-electron chi connectivity index (χ3n) is 1.80. The predicted octanol–water partition coefficient (Wildman–Crippen LogP) is 2.69.